The zero-order valence-corrected chi connectivity index (χ0v) is 5.64. The van der Waals surface area contributed by atoms with E-state index in [2.05, 4.69) is 0 Å². The average molecular weight is 196 g/mol. The largest absolute Gasteiger partial charge is 0 e. The Morgan fingerprint density at radius 2 is 1.00 bits per heavy atom. The first-order valence-corrected chi connectivity index (χ1v) is 0. The second-order valence-electron chi connectivity index (χ2n) is 0. The van der Waals surface area contributed by atoms with Gasteiger partial charge in [-0.25, -0.2) is 0 Å². The van der Waals surface area contributed by atoms with Crippen LogP contribution < -0.4 is 0 Å². The molecule has 4 heteroatoms. The molecule has 24 valence electrons. The van der Waals surface area contributed by atoms with Crippen LogP contribution in [0.2, 0.25) is 0 Å². The Morgan fingerprint density at radius 1 is 1.00 bits per heavy atom. The first-order chi connectivity index (χ1) is 0. The molecule has 0 aromatic heterocycles. The molecule has 6 radical (unpaired) electrons. The molecule has 0 aliphatic heterocycles. The standard InChI is InChI=1S/B.Mo.Ni.P. The second kappa shape index (κ2) is 22.5. The summed E-state index contributed by atoms with van der Waals surface area (Å²) in [5.74, 6) is 0. The summed E-state index contributed by atoms with van der Waals surface area (Å²) < 4.78 is 0. The topological polar surface area (TPSA) is 0 Å². The smallest absolute Gasteiger partial charge is 0 e. The molecule has 0 aliphatic carbocycles. The molecule has 0 bridgehead atoms. The summed E-state index contributed by atoms with van der Waals surface area (Å²) in [6.07, 6.45) is 0. The van der Waals surface area contributed by atoms with Crippen LogP contribution >= 0.6 is 9.90 Å². The van der Waals surface area contributed by atoms with E-state index in [-0.39, 0.29) is 55.9 Å². The van der Waals surface area contributed by atoms with Crippen LogP contribution in [0.25, 0.3) is 0 Å². The second-order valence-corrected chi connectivity index (χ2v) is 0. The van der Waals surface area contributed by atoms with Crippen molar-refractivity contribution in [2.24, 2.45) is 0 Å². The predicted octanol–water partition coefficient (Wildman–Crippen LogP) is 0.475. The van der Waals surface area contributed by atoms with Gasteiger partial charge < -0.3 is 0 Å². The Hall–Kier alpha value is 1.68. The summed E-state index contributed by atoms with van der Waals surface area (Å²) in [4.78, 5) is 0. The molecule has 0 amide bonds. The summed E-state index contributed by atoms with van der Waals surface area (Å²) >= 11 is 0. The van der Waals surface area contributed by atoms with Gasteiger partial charge in [0, 0.05) is 55.9 Å². The van der Waals surface area contributed by atoms with Crippen molar-refractivity contribution in [3.8, 4) is 0 Å². The van der Waals surface area contributed by atoms with Crippen molar-refractivity contribution in [3.63, 3.8) is 0 Å². The fraction of sp³-hybridized carbons (Fsp3) is 0. The van der Waals surface area contributed by atoms with Crippen LogP contribution in [0.4, 0.5) is 0 Å². The molecule has 4 heavy (non-hydrogen) atoms. The summed E-state index contributed by atoms with van der Waals surface area (Å²) in [5, 5.41) is 0. The third-order valence-corrected chi connectivity index (χ3v) is 0. The number of rotatable bonds is 0. The van der Waals surface area contributed by atoms with E-state index in [1.165, 1.54) is 0 Å². The van der Waals surface area contributed by atoms with Gasteiger partial charge in [-0.3, -0.25) is 0 Å². The van der Waals surface area contributed by atoms with Crippen LogP contribution in [-0.4, -0.2) is 8.41 Å². The molecule has 0 heterocycles. The van der Waals surface area contributed by atoms with Crippen molar-refractivity contribution < 1.29 is 37.6 Å². The molecule has 0 aromatic carbocycles. The summed E-state index contributed by atoms with van der Waals surface area (Å²) in [5.41, 5.74) is 0. The Labute approximate surface area is 55.9 Å². The van der Waals surface area contributed by atoms with Crippen LogP contribution in [0.1, 0.15) is 0 Å². The van der Waals surface area contributed by atoms with Crippen molar-refractivity contribution in [3.05, 3.63) is 0 Å². The van der Waals surface area contributed by atoms with Crippen molar-refractivity contribution >= 4 is 18.3 Å². The molecule has 0 fully saturated rings. The molecule has 0 N–H and O–H groups in total. The van der Waals surface area contributed by atoms with Crippen molar-refractivity contribution in [2.45, 2.75) is 0 Å². The predicted molar refractivity (Wildman–Crippen MR) is 12.7 cm³/mol. The maximum absolute atomic E-state index is 0. The maximum atomic E-state index is 0. The van der Waals surface area contributed by atoms with Gasteiger partial charge in [0.15, 0.2) is 0 Å². The average Bonchev–Trinajstić information content (AvgIpc) is 0. The molecule has 0 nitrogen and oxygen atoms in total. The molecule has 0 atom stereocenters. The van der Waals surface area contributed by atoms with E-state index in [9.17, 15) is 0 Å². The van der Waals surface area contributed by atoms with Crippen molar-refractivity contribution in [1.82, 2.24) is 0 Å². The van der Waals surface area contributed by atoms with Gasteiger partial charge >= 0.3 is 0 Å². The van der Waals surface area contributed by atoms with Gasteiger partial charge in [0.1, 0.15) is 0 Å². The Morgan fingerprint density at radius 3 is 1.00 bits per heavy atom. The van der Waals surface area contributed by atoms with Gasteiger partial charge in [0.05, 0.1) is 0 Å². The third kappa shape index (κ3) is 9.37. The zero-order valence-electron chi connectivity index (χ0n) is 1.75. The van der Waals surface area contributed by atoms with E-state index >= 15 is 0 Å². The van der Waals surface area contributed by atoms with Gasteiger partial charge in [0.25, 0.3) is 0 Å². The molecule has 0 spiro atoms. The number of hydrogen-bond donors (Lipinski definition) is 0. The van der Waals surface area contributed by atoms with Crippen molar-refractivity contribution in [2.75, 3.05) is 0 Å². The summed E-state index contributed by atoms with van der Waals surface area (Å²) in [7, 11) is 0. The molecule has 0 aliphatic rings. The molecule has 0 saturated carbocycles. The number of hydrogen-bond acceptors (Lipinski definition) is 0. The normalized spacial score (nSPS) is 0. The minimum atomic E-state index is 0. The van der Waals surface area contributed by atoms with Crippen LogP contribution in [0.15, 0.2) is 0 Å². The van der Waals surface area contributed by atoms with Gasteiger partial charge in [-0.05, 0) is 0 Å². The quantitative estimate of drug-likeness (QED) is 0.390. The molecule has 0 saturated heterocycles. The van der Waals surface area contributed by atoms with Gasteiger partial charge in [-0.15, -0.1) is 0 Å². The maximum Gasteiger partial charge on any atom is 0 e. The first-order valence-electron chi connectivity index (χ1n) is 0. The Kier molecular flexibility index (Phi) is 248. The van der Waals surface area contributed by atoms with Crippen LogP contribution in [0.5, 0.6) is 0 Å². The van der Waals surface area contributed by atoms with Crippen LogP contribution in [-0.2, 0) is 37.6 Å². The summed E-state index contributed by atoms with van der Waals surface area (Å²) in [6, 6.07) is 0. The molecular formula is BMoNiP. The monoisotopic (exact) mass is 198 g/mol. The van der Waals surface area contributed by atoms with E-state index in [0.717, 1.165) is 0 Å². The van der Waals surface area contributed by atoms with E-state index in [1.807, 2.05) is 0 Å². The van der Waals surface area contributed by atoms with Gasteiger partial charge in [-0.2, -0.15) is 0 Å². The van der Waals surface area contributed by atoms with Crippen LogP contribution in [0, 0.1) is 0 Å². The van der Waals surface area contributed by atoms with E-state index in [0.29, 0.717) is 0 Å². The Bertz CT molecular complexity index is 8.00. The SMILES string of the molecule is [B].[Mo].[Ni].[P]. The first kappa shape index (κ1) is 44.2. The molecular weight excluding hydrogens is 196 g/mol. The van der Waals surface area contributed by atoms with Crippen LogP contribution in [0.3, 0.4) is 0 Å². The van der Waals surface area contributed by atoms with Gasteiger partial charge in [0.2, 0.25) is 0 Å². The fourth-order valence-electron chi connectivity index (χ4n) is 0. The molecule has 0 aromatic rings. The molecule has 0 unspecified atom stereocenters. The van der Waals surface area contributed by atoms with E-state index in [1.54, 1.807) is 0 Å². The molecule has 0 rings (SSSR count). The Balaban J connectivity index is 0. The minimum Gasteiger partial charge on any atom is 0 e. The fourth-order valence-corrected chi connectivity index (χ4v) is 0. The van der Waals surface area contributed by atoms with E-state index < -0.39 is 0 Å². The van der Waals surface area contributed by atoms with Gasteiger partial charge in [-0.1, -0.05) is 0 Å². The third-order valence-electron chi connectivity index (χ3n) is 0. The minimum absolute atomic E-state index is 0. The van der Waals surface area contributed by atoms with E-state index in [4.69, 9.17) is 0 Å². The summed E-state index contributed by atoms with van der Waals surface area (Å²) in [6.45, 7) is 0. The zero-order chi connectivity index (χ0) is 0. The van der Waals surface area contributed by atoms with Crippen molar-refractivity contribution in [1.29, 1.82) is 0 Å².